The molecule has 0 fully saturated rings. The quantitative estimate of drug-likeness (QED) is 0.185. The van der Waals surface area contributed by atoms with Gasteiger partial charge in [0, 0.05) is 0 Å². The first-order valence-electron chi connectivity index (χ1n) is 9.35. The summed E-state index contributed by atoms with van der Waals surface area (Å²) in [5, 5.41) is 39.8. The van der Waals surface area contributed by atoms with Crippen LogP contribution in [-0.4, -0.2) is 20.4 Å². The molecule has 0 saturated heterocycles. The van der Waals surface area contributed by atoms with Gasteiger partial charge in [0.1, 0.15) is 23.0 Å². The van der Waals surface area contributed by atoms with Crippen LogP contribution in [0.4, 0.5) is 0 Å². The van der Waals surface area contributed by atoms with E-state index in [2.05, 4.69) is 60.7 Å². The predicted octanol–water partition coefficient (Wildman–Crippen LogP) is 6.19. The van der Waals surface area contributed by atoms with Crippen LogP contribution in [0.1, 0.15) is 0 Å². The number of benzene rings is 5. The van der Waals surface area contributed by atoms with E-state index in [0.29, 0.717) is 0 Å². The molecule has 0 spiro atoms. The van der Waals surface area contributed by atoms with E-state index >= 15 is 0 Å². The first kappa shape index (κ1) is 20.6. The lowest BCUT2D eigenvalue weighted by molar-refractivity contribution is 0.460. The molecule has 0 radical (unpaired) electrons. The van der Waals surface area contributed by atoms with Crippen LogP contribution in [0.25, 0.3) is 21.5 Å². The lowest BCUT2D eigenvalue weighted by Gasteiger charge is -2.00. The van der Waals surface area contributed by atoms with Crippen molar-refractivity contribution in [1.82, 2.24) is 0 Å². The first-order chi connectivity index (χ1) is 14.5. The fraction of sp³-hybridized carbons (Fsp3) is 0. The molecule has 5 aromatic rings. The Morgan fingerprint density at radius 2 is 0.500 bits per heavy atom. The Morgan fingerprint density at radius 3 is 0.700 bits per heavy atom. The zero-order valence-corrected chi connectivity index (χ0v) is 16.2. The summed E-state index contributed by atoms with van der Waals surface area (Å²) in [6.07, 6.45) is 0. The molecule has 0 saturated carbocycles. The van der Waals surface area contributed by atoms with E-state index in [9.17, 15) is 0 Å². The summed E-state index contributed by atoms with van der Waals surface area (Å²) in [6, 6.07) is 32.8. The highest BCUT2D eigenvalue weighted by atomic mass is 16.3. The van der Waals surface area contributed by atoms with Gasteiger partial charge in [0.15, 0.2) is 0 Å². The Bertz CT molecular complexity index is 1020. The predicted molar refractivity (Wildman–Crippen MR) is 121 cm³/mol. The first-order valence-corrected chi connectivity index (χ1v) is 9.35. The van der Waals surface area contributed by atoms with E-state index in [0.717, 1.165) is 0 Å². The van der Waals surface area contributed by atoms with Crippen molar-refractivity contribution >= 4 is 21.5 Å². The molecule has 0 aliphatic carbocycles. The lowest BCUT2D eigenvalue weighted by Crippen LogP contribution is -1.74. The van der Waals surface area contributed by atoms with Crippen molar-refractivity contribution in [3.05, 3.63) is 109 Å². The molecule has 0 bridgehead atoms. The molecule has 0 atom stereocenters. The van der Waals surface area contributed by atoms with Gasteiger partial charge in [0.05, 0.1) is 0 Å². The molecule has 5 aromatic carbocycles. The Balaban J connectivity index is 0.000000138. The van der Waals surface area contributed by atoms with E-state index in [4.69, 9.17) is 20.4 Å². The van der Waals surface area contributed by atoms with Gasteiger partial charge < -0.3 is 20.4 Å². The second-order valence-corrected chi connectivity index (χ2v) is 6.58. The summed E-state index contributed by atoms with van der Waals surface area (Å²) >= 11 is 0. The van der Waals surface area contributed by atoms with Gasteiger partial charge in [-0.2, -0.15) is 0 Å². The molecule has 0 aliphatic rings. The highest BCUT2D eigenvalue weighted by Crippen LogP contribution is 2.22. The number of hydrogen-bond acceptors (Lipinski definition) is 4. The van der Waals surface area contributed by atoms with Gasteiger partial charge in [-0.05, 0) is 82.2 Å². The molecule has 4 N–H and O–H groups in total. The highest BCUT2D eigenvalue weighted by molar-refractivity contribution is 5.98. The highest BCUT2D eigenvalue weighted by Gasteiger charge is 1.95. The third-order valence-electron chi connectivity index (χ3n) is 4.31. The van der Waals surface area contributed by atoms with Gasteiger partial charge in [-0.3, -0.25) is 0 Å². The van der Waals surface area contributed by atoms with Crippen LogP contribution in [0, 0.1) is 0 Å². The van der Waals surface area contributed by atoms with Crippen LogP contribution in [0.15, 0.2) is 109 Å². The minimum atomic E-state index is 0.169. The van der Waals surface area contributed by atoms with Crippen LogP contribution >= 0.6 is 0 Å². The largest absolute Gasteiger partial charge is 0.508 e. The van der Waals surface area contributed by atoms with Gasteiger partial charge in [-0.25, -0.2) is 0 Å². The number of phenols is 4. The van der Waals surface area contributed by atoms with Crippen LogP contribution in [0.2, 0.25) is 0 Å². The maximum absolute atomic E-state index is 8.65. The van der Waals surface area contributed by atoms with E-state index < -0.39 is 0 Å². The normalized spacial score (nSPS) is 9.87. The average molecular weight is 398 g/mol. The summed E-state index contributed by atoms with van der Waals surface area (Å²) in [5.74, 6) is 0.677. The summed E-state index contributed by atoms with van der Waals surface area (Å²) in [5.41, 5.74) is 0. The van der Waals surface area contributed by atoms with Gasteiger partial charge in [0.25, 0.3) is 0 Å². The molecule has 0 unspecified atom stereocenters. The number of phenolic OH excluding ortho intramolecular Hbond substituents is 4. The Morgan fingerprint density at radius 1 is 0.300 bits per heavy atom. The van der Waals surface area contributed by atoms with E-state index in [1.54, 1.807) is 0 Å². The third-order valence-corrected chi connectivity index (χ3v) is 4.31. The molecule has 4 nitrogen and oxygen atoms in total. The fourth-order valence-corrected chi connectivity index (χ4v) is 2.79. The molecule has 0 amide bonds. The van der Waals surface area contributed by atoms with Gasteiger partial charge in [-0.1, -0.05) is 48.5 Å². The topological polar surface area (TPSA) is 80.9 Å². The molecular formula is C26H22O4. The second-order valence-electron chi connectivity index (χ2n) is 6.58. The Hall–Kier alpha value is -4.18. The average Bonchev–Trinajstić information content (AvgIpc) is 2.77. The van der Waals surface area contributed by atoms with Crippen molar-refractivity contribution in [3.63, 3.8) is 0 Å². The smallest absolute Gasteiger partial charge is 0.115 e. The monoisotopic (exact) mass is 398 g/mol. The van der Waals surface area contributed by atoms with Crippen molar-refractivity contribution < 1.29 is 20.4 Å². The molecule has 4 heteroatoms. The van der Waals surface area contributed by atoms with E-state index in [1.807, 2.05) is 0 Å². The van der Waals surface area contributed by atoms with Gasteiger partial charge in [0.2, 0.25) is 0 Å². The SMILES string of the molecule is Oc1ccc(O)cc1.Oc1ccc(O)cc1.c1ccc2cc3ccccc3cc2c1. The van der Waals surface area contributed by atoms with Crippen molar-refractivity contribution in [2.24, 2.45) is 0 Å². The zero-order chi connectivity index (χ0) is 21.3. The Kier molecular flexibility index (Phi) is 6.74. The lowest BCUT2D eigenvalue weighted by atomic mass is 10.0. The standard InChI is InChI=1S/C14H10.2C6H6O2/c1-2-6-12-10-14-8-4-3-7-13(14)9-11(12)5-1;2*7-5-1-2-6(8)4-3-5/h1-10H;2*1-4,7-8H. The summed E-state index contributed by atoms with van der Waals surface area (Å²) < 4.78 is 0. The van der Waals surface area contributed by atoms with Crippen molar-refractivity contribution in [2.45, 2.75) is 0 Å². The van der Waals surface area contributed by atoms with Gasteiger partial charge >= 0.3 is 0 Å². The maximum Gasteiger partial charge on any atom is 0.115 e. The minimum absolute atomic E-state index is 0.169. The summed E-state index contributed by atoms with van der Waals surface area (Å²) in [7, 11) is 0. The number of fused-ring (bicyclic) bond motifs is 2. The molecule has 0 aliphatic heterocycles. The fourth-order valence-electron chi connectivity index (χ4n) is 2.79. The maximum atomic E-state index is 8.65. The summed E-state index contributed by atoms with van der Waals surface area (Å²) in [6.45, 7) is 0. The molecule has 30 heavy (non-hydrogen) atoms. The number of aromatic hydroxyl groups is 4. The molecule has 150 valence electrons. The Labute approximate surface area is 174 Å². The third kappa shape index (κ3) is 5.91. The van der Waals surface area contributed by atoms with Crippen molar-refractivity contribution in [2.75, 3.05) is 0 Å². The van der Waals surface area contributed by atoms with E-state index in [-0.39, 0.29) is 23.0 Å². The van der Waals surface area contributed by atoms with Crippen LogP contribution in [0.3, 0.4) is 0 Å². The van der Waals surface area contributed by atoms with E-state index in [1.165, 1.54) is 70.1 Å². The molecular weight excluding hydrogens is 376 g/mol. The van der Waals surface area contributed by atoms with Crippen LogP contribution in [-0.2, 0) is 0 Å². The second kappa shape index (κ2) is 9.85. The van der Waals surface area contributed by atoms with Crippen LogP contribution in [0.5, 0.6) is 23.0 Å². The number of hydrogen-bond donors (Lipinski definition) is 4. The van der Waals surface area contributed by atoms with Gasteiger partial charge in [-0.15, -0.1) is 0 Å². The minimum Gasteiger partial charge on any atom is -0.508 e. The molecule has 5 rings (SSSR count). The van der Waals surface area contributed by atoms with Crippen LogP contribution < -0.4 is 0 Å². The van der Waals surface area contributed by atoms with Crippen molar-refractivity contribution in [1.29, 1.82) is 0 Å². The molecule has 0 heterocycles. The molecule has 0 aromatic heterocycles. The van der Waals surface area contributed by atoms with Crippen molar-refractivity contribution in [3.8, 4) is 23.0 Å². The summed E-state index contributed by atoms with van der Waals surface area (Å²) in [4.78, 5) is 0. The number of rotatable bonds is 0. The zero-order valence-electron chi connectivity index (χ0n) is 16.2.